The molecule has 0 unspecified atom stereocenters. The molecule has 0 saturated carbocycles. The predicted molar refractivity (Wildman–Crippen MR) is 126 cm³/mol. The van der Waals surface area contributed by atoms with Gasteiger partial charge in [-0.25, -0.2) is 4.98 Å². The first-order chi connectivity index (χ1) is 15.8. The van der Waals surface area contributed by atoms with Gasteiger partial charge >= 0.3 is 0 Å². The van der Waals surface area contributed by atoms with E-state index in [1.54, 1.807) is 35.3 Å². The van der Waals surface area contributed by atoms with E-state index in [9.17, 15) is 14.7 Å². The minimum absolute atomic E-state index is 0.0696. The second-order valence-corrected chi connectivity index (χ2v) is 8.52. The lowest BCUT2D eigenvalue weighted by atomic mass is 9.99. The van der Waals surface area contributed by atoms with E-state index in [1.807, 2.05) is 51.1 Å². The van der Waals surface area contributed by atoms with E-state index >= 15 is 0 Å². The van der Waals surface area contributed by atoms with Crippen LogP contribution in [0.2, 0.25) is 0 Å². The highest BCUT2D eigenvalue weighted by Gasteiger charge is 2.34. The first kappa shape index (κ1) is 24.4. The summed E-state index contributed by atoms with van der Waals surface area (Å²) in [5.41, 5.74) is 1.85. The number of amides is 2. The number of aromatic nitrogens is 2. The van der Waals surface area contributed by atoms with Gasteiger partial charge < -0.3 is 19.6 Å². The van der Waals surface area contributed by atoms with Crippen molar-refractivity contribution in [3.63, 3.8) is 0 Å². The van der Waals surface area contributed by atoms with Gasteiger partial charge in [0.15, 0.2) is 0 Å². The van der Waals surface area contributed by atoms with Crippen LogP contribution < -0.4 is 4.74 Å². The topological polar surface area (TPSA) is 95.9 Å². The van der Waals surface area contributed by atoms with Gasteiger partial charge in [0.2, 0.25) is 11.8 Å². The van der Waals surface area contributed by atoms with Crippen LogP contribution in [0.5, 0.6) is 5.88 Å². The summed E-state index contributed by atoms with van der Waals surface area (Å²) < 4.78 is 6.23. The average Bonchev–Trinajstić information content (AvgIpc) is 2.82. The number of fused-ring (bicyclic) bond motifs is 1. The largest absolute Gasteiger partial charge is 0.472 e. The number of hydrogen-bond donors (Lipinski definition) is 1. The zero-order chi connectivity index (χ0) is 24.0. The Labute approximate surface area is 194 Å². The smallest absolute Gasteiger partial charge is 0.259 e. The molecule has 3 atom stereocenters. The number of rotatable bonds is 7. The highest BCUT2D eigenvalue weighted by molar-refractivity contribution is 5.97. The van der Waals surface area contributed by atoms with E-state index in [4.69, 9.17) is 4.74 Å². The van der Waals surface area contributed by atoms with Crippen molar-refractivity contribution < 1.29 is 19.4 Å². The van der Waals surface area contributed by atoms with E-state index in [1.165, 1.54) is 0 Å². The van der Waals surface area contributed by atoms with Crippen LogP contribution in [0, 0.1) is 5.92 Å². The number of carbonyl (C=O) groups is 2. The highest BCUT2D eigenvalue weighted by atomic mass is 16.5. The van der Waals surface area contributed by atoms with Crippen molar-refractivity contribution in [2.75, 3.05) is 26.7 Å². The molecule has 0 fully saturated rings. The lowest BCUT2D eigenvalue weighted by molar-refractivity contribution is -0.130. The molecule has 176 valence electrons. The predicted octanol–water partition coefficient (Wildman–Crippen LogP) is 2.43. The summed E-state index contributed by atoms with van der Waals surface area (Å²) in [5, 5.41) is 9.75. The van der Waals surface area contributed by atoms with Crippen LogP contribution >= 0.6 is 0 Å². The third-order valence-electron chi connectivity index (χ3n) is 5.84. The Balaban J connectivity index is 1.87. The maximum absolute atomic E-state index is 13.3. The minimum atomic E-state index is -0.386. The standard InChI is InChI=1S/C25H32N4O4/c1-5-8-19-11-21-24(27-13-19)33-22(17(2)14-29(25(21)32)18(3)16-30)15-28(4)23(31)12-20-9-6-7-10-26-20/h5-11,13,17-18,22,30H,12,14-16H2,1-4H3/t17-,18-,22+/m1/s1. The third kappa shape index (κ3) is 5.96. The van der Waals surface area contributed by atoms with Crippen molar-refractivity contribution in [2.24, 2.45) is 5.92 Å². The second kappa shape index (κ2) is 11.0. The number of nitrogens with zero attached hydrogens (tertiary/aromatic N) is 4. The Bertz CT molecular complexity index is 995. The van der Waals surface area contributed by atoms with Crippen LogP contribution in [-0.4, -0.2) is 75.6 Å². The van der Waals surface area contributed by atoms with Crippen LogP contribution in [0.3, 0.4) is 0 Å². The van der Waals surface area contributed by atoms with E-state index < -0.39 is 0 Å². The van der Waals surface area contributed by atoms with Crippen LogP contribution in [0.4, 0.5) is 0 Å². The summed E-state index contributed by atoms with van der Waals surface area (Å²) in [6.07, 6.45) is 6.88. The van der Waals surface area contributed by atoms with Crippen molar-refractivity contribution in [1.29, 1.82) is 0 Å². The molecular weight excluding hydrogens is 420 g/mol. The van der Waals surface area contributed by atoms with Crippen LogP contribution in [-0.2, 0) is 11.2 Å². The van der Waals surface area contributed by atoms with Gasteiger partial charge in [0, 0.05) is 37.6 Å². The van der Waals surface area contributed by atoms with Gasteiger partial charge in [0.1, 0.15) is 11.7 Å². The molecule has 0 aliphatic carbocycles. The number of allylic oxidation sites excluding steroid dienone is 1. The molecule has 0 bridgehead atoms. The fourth-order valence-corrected chi connectivity index (χ4v) is 3.78. The average molecular weight is 453 g/mol. The lowest BCUT2D eigenvalue weighted by Crippen LogP contribution is -2.50. The Kier molecular flexibility index (Phi) is 8.16. The van der Waals surface area contributed by atoms with E-state index in [0.717, 1.165) is 5.56 Å². The number of hydrogen-bond acceptors (Lipinski definition) is 6. The van der Waals surface area contributed by atoms with Gasteiger partial charge in [-0.05, 0) is 37.6 Å². The van der Waals surface area contributed by atoms with Crippen LogP contribution in [0.15, 0.2) is 42.7 Å². The van der Waals surface area contributed by atoms with Gasteiger partial charge in [-0.2, -0.15) is 0 Å². The van der Waals surface area contributed by atoms with Crippen molar-refractivity contribution in [1.82, 2.24) is 19.8 Å². The Morgan fingerprint density at radius 1 is 1.39 bits per heavy atom. The molecule has 1 N–H and O–H groups in total. The fraction of sp³-hybridized carbons (Fsp3) is 0.440. The molecule has 3 rings (SSSR count). The fourth-order valence-electron chi connectivity index (χ4n) is 3.78. The van der Waals surface area contributed by atoms with Crippen LogP contribution in [0.25, 0.3) is 6.08 Å². The highest BCUT2D eigenvalue weighted by Crippen LogP contribution is 2.27. The first-order valence-electron chi connectivity index (χ1n) is 11.2. The number of ether oxygens (including phenoxy) is 1. The summed E-state index contributed by atoms with van der Waals surface area (Å²) in [5.74, 6) is -0.154. The summed E-state index contributed by atoms with van der Waals surface area (Å²) in [7, 11) is 1.74. The molecule has 33 heavy (non-hydrogen) atoms. The summed E-state index contributed by atoms with van der Waals surface area (Å²) in [6, 6.07) is 6.89. The van der Waals surface area contributed by atoms with E-state index in [-0.39, 0.29) is 48.8 Å². The number of pyridine rings is 2. The van der Waals surface area contributed by atoms with Crippen LogP contribution in [0.1, 0.15) is 42.4 Å². The number of aliphatic hydroxyl groups excluding tert-OH is 1. The SMILES string of the molecule is CC=Cc1cnc2c(c1)C(=O)N([C@H](C)CO)C[C@@H](C)[C@H](CN(C)C(=O)Cc1ccccn1)O2. The van der Waals surface area contributed by atoms with Gasteiger partial charge in [-0.1, -0.05) is 25.1 Å². The van der Waals surface area contributed by atoms with Crippen molar-refractivity contribution >= 4 is 17.9 Å². The molecule has 1 aliphatic rings. The molecule has 2 amide bonds. The maximum atomic E-state index is 13.3. The quantitative estimate of drug-likeness (QED) is 0.693. The molecule has 8 nitrogen and oxygen atoms in total. The maximum Gasteiger partial charge on any atom is 0.259 e. The molecular formula is C25H32N4O4. The molecule has 2 aromatic heterocycles. The monoisotopic (exact) mass is 452 g/mol. The molecule has 0 saturated heterocycles. The third-order valence-corrected chi connectivity index (χ3v) is 5.84. The Hall–Kier alpha value is -3.26. The molecule has 8 heteroatoms. The van der Waals surface area contributed by atoms with E-state index in [0.29, 0.717) is 24.3 Å². The number of carbonyl (C=O) groups excluding carboxylic acids is 2. The summed E-state index contributed by atoms with van der Waals surface area (Å²) in [6.45, 7) is 6.26. The molecule has 3 heterocycles. The summed E-state index contributed by atoms with van der Waals surface area (Å²) in [4.78, 5) is 38.1. The molecule has 2 aromatic rings. The first-order valence-corrected chi connectivity index (χ1v) is 11.2. The van der Waals surface area contributed by atoms with Crippen molar-refractivity contribution in [2.45, 2.75) is 39.3 Å². The van der Waals surface area contributed by atoms with Gasteiger partial charge in [-0.15, -0.1) is 0 Å². The normalized spacial score (nSPS) is 19.4. The lowest BCUT2D eigenvalue weighted by Gasteiger charge is -2.37. The van der Waals surface area contributed by atoms with Crippen molar-refractivity contribution in [3.8, 4) is 5.88 Å². The zero-order valence-electron chi connectivity index (χ0n) is 19.6. The zero-order valence-corrected chi connectivity index (χ0v) is 19.6. The van der Waals surface area contributed by atoms with E-state index in [2.05, 4.69) is 9.97 Å². The Morgan fingerprint density at radius 3 is 2.85 bits per heavy atom. The number of likely N-dealkylation sites (N-methyl/N-ethyl adjacent to an activating group) is 1. The molecule has 0 spiro atoms. The second-order valence-electron chi connectivity index (χ2n) is 8.52. The van der Waals surface area contributed by atoms with Gasteiger partial charge in [0.25, 0.3) is 5.91 Å². The van der Waals surface area contributed by atoms with Gasteiger partial charge in [0.05, 0.1) is 25.6 Å². The molecule has 0 aromatic carbocycles. The molecule has 1 aliphatic heterocycles. The molecule has 0 radical (unpaired) electrons. The van der Waals surface area contributed by atoms with Crippen molar-refractivity contribution in [3.05, 3.63) is 59.6 Å². The Morgan fingerprint density at radius 2 is 2.18 bits per heavy atom. The summed E-state index contributed by atoms with van der Waals surface area (Å²) >= 11 is 0. The number of aliphatic hydroxyl groups is 1. The minimum Gasteiger partial charge on any atom is -0.472 e. The van der Waals surface area contributed by atoms with Gasteiger partial charge in [-0.3, -0.25) is 14.6 Å².